The predicted octanol–water partition coefficient (Wildman–Crippen LogP) is 5.23. The van der Waals surface area contributed by atoms with Crippen LogP contribution in [0.5, 0.6) is 0 Å². The third-order valence-electron chi connectivity index (χ3n) is 4.44. The molecule has 0 atom stereocenters. The average molecular weight is 389 g/mol. The standard InChI is InChI=1S/C23H24FN5/c1-4-5-17(7-6-16(2)25-3)14-26-23-22-21(27-15-28-23)13-12-20(29-22)18-8-10-19(24)11-9-18/h5-13,15H,4,14H2,1-3H3,(H,26,27,28)/b7-6-,17-5-,25-16-. The van der Waals surface area contributed by atoms with Gasteiger partial charge in [0.2, 0.25) is 0 Å². The Morgan fingerprint density at radius 2 is 1.90 bits per heavy atom. The van der Waals surface area contributed by atoms with Crippen molar-refractivity contribution in [1.29, 1.82) is 0 Å². The Hall–Kier alpha value is -3.41. The molecule has 0 fully saturated rings. The summed E-state index contributed by atoms with van der Waals surface area (Å²) in [6.07, 6.45) is 8.66. The second kappa shape index (κ2) is 9.68. The first-order chi connectivity index (χ1) is 14.1. The molecule has 3 aromatic rings. The van der Waals surface area contributed by atoms with E-state index in [0.29, 0.717) is 17.9 Å². The zero-order valence-corrected chi connectivity index (χ0v) is 16.9. The summed E-state index contributed by atoms with van der Waals surface area (Å²) >= 11 is 0. The van der Waals surface area contributed by atoms with Crippen LogP contribution in [0.3, 0.4) is 0 Å². The van der Waals surface area contributed by atoms with Gasteiger partial charge >= 0.3 is 0 Å². The van der Waals surface area contributed by atoms with Crippen molar-refractivity contribution in [2.75, 3.05) is 18.9 Å². The summed E-state index contributed by atoms with van der Waals surface area (Å²) in [4.78, 5) is 17.6. The van der Waals surface area contributed by atoms with Crippen LogP contribution in [0.1, 0.15) is 20.3 Å². The molecule has 5 nitrogen and oxygen atoms in total. The zero-order chi connectivity index (χ0) is 20.6. The quantitative estimate of drug-likeness (QED) is 0.444. The van der Waals surface area contributed by atoms with Gasteiger partial charge in [-0.15, -0.1) is 0 Å². The van der Waals surface area contributed by atoms with E-state index in [1.165, 1.54) is 18.5 Å². The van der Waals surface area contributed by atoms with Crippen molar-refractivity contribution < 1.29 is 4.39 Å². The number of rotatable bonds is 7. The molecule has 0 spiro atoms. The molecule has 0 aliphatic carbocycles. The van der Waals surface area contributed by atoms with Crippen LogP contribution in [0.25, 0.3) is 22.3 Å². The number of anilines is 1. The number of aliphatic imine (C=N–C) groups is 1. The molecule has 0 saturated carbocycles. The van der Waals surface area contributed by atoms with Gasteiger partial charge in [-0.1, -0.05) is 19.1 Å². The highest BCUT2D eigenvalue weighted by molar-refractivity contribution is 5.93. The monoisotopic (exact) mass is 389 g/mol. The number of fused-ring (bicyclic) bond motifs is 1. The fourth-order valence-electron chi connectivity index (χ4n) is 2.80. The van der Waals surface area contributed by atoms with Crippen molar-refractivity contribution in [3.05, 3.63) is 72.3 Å². The molecular formula is C23H24FN5. The molecule has 0 unspecified atom stereocenters. The largest absolute Gasteiger partial charge is 0.364 e. The van der Waals surface area contributed by atoms with Gasteiger partial charge in [0, 0.05) is 24.9 Å². The van der Waals surface area contributed by atoms with Crippen LogP contribution in [0.4, 0.5) is 10.2 Å². The van der Waals surface area contributed by atoms with E-state index in [4.69, 9.17) is 4.98 Å². The minimum atomic E-state index is -0.271. The molecule has 6 heteroatoms. The number of hydrogen-bond acceptors (Lipinski definition) is 5. The maximum absolute atomic E-state index is 13.2. The molecule has 2 heterocycles. The molecule has 29 heavy (non-hydrogen) atoms. The van der Waals surface area contributed by atoms with Crippen LogP contribution >= 0.6 is 0 Å². The lowest BCUT2D eigenvalue weighted by atomic mass is 10.1. The predicted molar refractivity (Wildman–Crippen MR) is 118 cm³/mol. The van der Waals surface area contributed by atoms with Crippen LogP contribution in [0.15, 0.2) is 71.5 Å². The van der Waals surface area contributed by atoms with E-state index in [9.17, 15) is 4.39 Å². The number of allylic oxidation sites excluding steroid dienone is 2. The lowest BCUT2D eigenvalue weighted by Gasteiger charge is -2.10. The molecule has 0 aliphatic heterocycles. The van der Waals surface area contributed by atoms with Crippen LogP contribution in [-0.2, 0) is 0 Å². The minimum Gasteiger partial charge on any atom is -0.364 e. The maximum atomic E-state index is 13.2. The topological polar surface area (TPSA) is 63.1 Å². The number of aromatic nitrogens is 3. The highest BCUT2D eigenvalue weighted by Gasteiger charge is 2.08. The number of benzene rings is 1. The van der Waals surface area contributed by atoms with Crippen molar-refractivity contribution in [3.8, 4) is 11.3 Å². The third-order valence-corrected chi connectivity index (χ3v) is 4.44. The van der Waals surface area contributed by atoms with E-state index in [2.05, 4.69) is 39.4 Å². The third kappa shape index (κ3) is 5.31. The van der Waals surface area contributed by atoms with Crippen LogP contribution < -0.4 is 5.32 Å². The Morgan fingerprint density at radius 3 is 2.62 bits per heavy atom. The summed E-state index contributed by atoms with van der Waals surface area (Å²) in [5, 5.41) is 3.37. The molecule has 0 saturated heterocycles. The summed E-state index contributed by atoms with van der Waals surface area (Å²) < 4.78 is 13.2. The second-order valence-electron chi connectivity index (χ2n) is 6.53. The van der Waals surface area contributed by atoms with Crippen LogP contribution in [-0.4, -0.2) is 34.3 Å². The fourth-order valence-corrected chi connectivity index (χ4v) is 2.80. The second-order valence-corrected chi connectivity index (χ2v) is 6.53. The molecule has 1 aromatic carbocycles. The number of pyridine rings is 1. The summed E-state index contributed by atoms with van der Waals surface area (Å²) in [5.74, 6) is 0.391. The minimum absolute atomic E-state index is 0.271. The lowest BCUT2D eigenvalue weighted by molar-refractivity contribution is 0.628. The van der Waals surface area contributed by atoms with E-state index >= 15 is 0 Å². The average Bonchev–Trinajstić information content (AvgIpc) is 2.75. The highest BCUT2D eigenvalue weighted by atomic mass is 19.1. The number of halogens is 1. The number of hydrogen-bond donors (Lipinski definition) is 1. The SMILES string of the molecule is CC/C=C(/C=C\C(C)=N/C)CNc1ncnc2ccc(-c3ccc(F)cc3)nc12. The number of nitrogens with one attached hydrogen (secondary N) is 1. The first kappa shape index (κ1) is 20.3. The van der Waals surface area contributed by atoms with Crippen molar-refractivity contribution in [2.45, 2.75) is 20.3 Å². The van der Waals surface area contributed by atoms with Crippen LogP contribution in [0, 0.1) is 5.82 Å². The molecular weight excluding hydrogens is 365 g/mol. The van der Waals surface area contributed by atoms with E-state index in [1.807, 2.05) is 25.1 Å². The van der Waals surface area contributed by atoms with Gasteiger partial charge in [0.1, 0.15) is 17.7 Å². The van der Waals surface area contributed by atoms with Crippen molar-refractivity contribution in [3.63, 3.8) is 0 Å². The van der Waals surface area contributed by atoms with E-state index in [0.717, 1.165) is 34.5 Å². The van der Waals surface area contributed by atoms with Crippen molar-refractivity contribution in [2.24, 2.45) is 4.99 Å². The van der Waals surface area contributed by atoms with E-state index < -0.39 is 0 Å². The van der Waals surface area contributed by atoms with Gasteiger partial charge in [-0.05, 0) is 61.4 Å². The normalized spacial score (nSPS) is 12.7. The lowest BCUT2D eigenvalue weighted by Crippen LogP contribution is -2.07. The first-order valence-corrected chi connectivity index (χ1v) is 9.52. The maximum Gasteiger partial charge on any atom is 0.156 e. The van der Waals surface area contributed by atoms with Gasteiger partial charge in [0.25, 0.3) is 0 Å². The molecule has 148 valence electrons. The smallest absolute Gasteiger partial charge is 0.156 e. The summed E-state index contributed by atoms with van der Waals surface area (Å²) in [5.41, 5.74) is 5.11. The summed E-state index contributed by atoms with van der Waals surface area (Å²) in [7, 11) is 1.78. The number of nitrogens with zero attached hydrogens (tertiary/aromatic N) is 4. The Balaban J connectivity index is 1.88. The van der Waals surface area contributed by atoms with Gasteiger partial charge in [0.15, 0.2) is 5.82 Å². The molecule has 0 amide bonds. The Kier molecular flexibility index (Phi) is 6.79. The molecule has 0 bridgehead atoms. The van der Waals surface area contributed by atoms with Crippen molar-refractivity contribution in [1.82, 2.24) is 15.0 Å². The van der Waals surface area contributed by atoms with Gasteiger partial charge in [-0.25, -0.2) is 19.3 Å². The van der Waals surface area contributed by atoms with Gasteiger partial charge in [-0.3, -0.25) is 4.99 Å². The fraction of sp³-hybridized carbons (Fsp3) is 0.217. The highest BCUT2D eigenvalue weighted by Crippen LogP contribution is 2.23. The van der Waals surface area contributed by atoms with Crippen LogP contribution in [0.2, 0.25) is 0 Å². The zero-order valence-electron chi connectivity index (χ0n) is 16.9. The Morgan fingerprint density at radius 1 is 1.10 bits per heavy atom. The summed E-state index contributed by atoms with van der Waals surface area (Å²) in [6, 6.07) is 10.1. The van der Waals surface area contributed by atoms with E-state index in [1.54, 1.807) is 19.2 Å². The first-order valence-electron chi connectivity index (χ1n) is 9.52. The molecule has 0 radical (unpaired) electrons. The summed E-state index contributed by atoms with van der Waals surface area (Å²) in [6.45, 7) is 4.67. The van der Waals surface area contributed by atoms with Gasteiger partial charge in [0.05, 0.1) is 11.2 Å². The van der Waals surface area contributed by atoms with Gasteiger partial charge < -0.3 is 5.32 Å². The Bertz CT molecular complexity index is 1070. The molecule has 1 N–H and O–H groups in total. The molecule has 0 aliphatic rings. The van der Waals surface area contributed by atoms with E-state index in [-0.39, 0.29) is 5.82 Å². The Labute approximate surface area is 170 Å². The molecule has 2 aromatic heterocycles. The van der Waals surface area contributed by atoms with Gasteiger partial charge in [-0.2, -0.15) is 0 Å². The molecule has 3 rings (SSSR count). The van der Waals surface area contributed by atoms with Crippen molar-refractivity contribution >= 4 is 22.6 Å².